The van der Waals surface area contributed by atoms with Crippen LogP contribution in [0, 0.1) is 0 Å². The number of imidazole rings is 1. The van der Waals surface area contributed by atoms with Crippen LogP contribution in [-0.4, -0.2) is 22.6 Å². The second-order valence-electron chi connectivity index (χ2n) is 3.15. The molecule has 0 spiro atoms. The number of carbonyl (C=O) groups excluding carboxylic acids is 1. The van der Waals surface area contributed by atoms with E-state index in [1.807, 2.05) is 11.6 Å². The number of nitrogens with zero attached hydrogens (tertiary/aromatic N) is 2. The Morgan fingerprint density at radius 1 is 1.79 bits per heavy atom. The molecule has 1 heterocycles. The third-order valence-corrected chi connectivity index (χ3v) is 2.12. The SMILES string of the molecule is COC(=O)CCC(N)c1cncn1C. The normalized spacial score (nSPS) is 12.5. The predicted octanol–water partition coefficient (Wildman–Crippen LogP) is 0.373. The molecule has 1 atom stereocenters. The van der Waals surface area contributed by atoms with Crippen molar-refractivity contribution in [2.75, 3.05) is 7.11 Å². The van der Waals surface area contributed by atoms with Crippen molar-refractivity contribution in [3.63, 3.8) is 0 Å². The molecule has 14 heavy (non-hydrogen) atoms. The van der Waals surface area contributed by atoms with Crippen molar-refractivity contribution in [1.82, 2.24) is 9.55 Å². The molecule has 1 aromatic heterocycles. The molecular formula is C9H15N3O2. The van der Waals surface area contributed by atoms with Gasteiger partial charge in [0.15, 0.2) is 0 Å². The number of methoxy groups -OCH3 is 1. The minimum atomic E-state index is -0.234. The lowest BCUT2D eigenvalue weighted by Crippen LogP contribution is -2.15. The van der Waals surface area contributed by atoms with Gasteiger partial charge in [-0.15, -0.1) is 0 Å². The summed E-state index contributed by atoms with van der Waals surface area (Å²) in [5.41, 5.74) is 6.80. The van der Waals surface area contributed by atoms with Gasteiger partial charge in [-0.1, -0.05) is 0 Å². The summed E-state index contributed by atoms with van der Waals surface area (Å²) in [6, 6.07) is -0.165. The van der Waals surface area contributed by atoms with E-state index < -0.39 is 0 Å². The molecule has 0 radical (unpaired) electrons. The Bertz CT molecular complexity index is 309. The molecule has 0 fully saturated rings. The van der Waals surface area contributed by atoms with Gasteiger partial charge in [0, 0.05) is 25.7 Å². The van der Waals surface area contributed by atoms with Gasteiger partial charge in [-0.05, 0) is 6.42 Å². The van der Waals surface area contributed by atoms with E-state index in [4.69, 9.17) is 5.73 Å². The lowest BCUT2D eigenvalue weighted by molar-refractivity contribution is -0.140. The molecule has 0 aliphatic rings. The van der Waals surface area contributed by atoms with E-state index in [2.05, 4.69) is 9.72 Å². The topological polar surface area (TPSA) is 70.1 Å². The Morgan fingerprint density at radius 2 is 2.50 bits per heavy atom. The highest BCUT2D eigenvalue weighted by molar-refractivity contribution is 5.69. The number of aromatic nitrogens is 2. The summed E-state index contributed by atoms with van der Waals surface area (Å²) < 4.78 is 6.38. The van der Waals surface area contributed by atoms with Crippen LogP contribution in [0.2, 0.25) is 0 Å². The first kappa shape index (κ1) is 10.7. The summed E-state index contributed by atoms with van der Waals surface area (Å²) >= 11 is 0. The summed E-state index contributed by atoms with van der Waals surface area (Å²) in [5, 5.41) is 0. The highest BCUT2D eigenvalue weighted by atomic mass is 16.5. The minimum Gasteiger partial charge on any atom is -0.469 e. The van der Waals surface area contributed by atoms with Crippen LogP contribution in [-0.2, 0) is 16.6 Å². The maximum absolute atomic E-state index is 10.9. The molecule has 78 valence electrons. The number of aryl methyl sites for hydroxylation is 1. The van der Waals surface area contributed by atoms with Crippen LogP contribution in [0.3, 0.4) is 0 Å². The second-order valence-corrected chi connectivity index (χ2v) is 3.15. The van der Waals surface area contributed by atoms with E-state index >= 15 is 0 Å². The van der Waals surface area contributed by atoms with E-state index in [-0.39, 0.29) is 12.0 Å². The fourth-order valence-electron chi connectivity index (χ4n) is 1.25. The molecule has 5 heteroatoms. The number of nitrogens with two attached hydrogens (primary N) is 1. The zero-order chi connectivity index (χ0) is 10.6. The van der Waals surface area contributed by atoms with Gasteiger partial charge >= 0.3 is 5.97 Å². The molecule has 1 unspecified atom stereocenters. The fourth-order valence-corrected chi connectivity index (χ4v) is 1.25. The van der Waals surface area contributed by atoms with Gasteiger partial charge in [0.1, 0.15) is 0 Å². The lowest BCUT2D eigenvalue weighted by Gasteiger charge is -2.10. The van der Waals surface area contributed by atoms with Crippen molar-refractivity contribution < 1.29 is 9.53 Å². The Morgan fingerprint density at radius 3 is 3.00 bits per heavy atom. The number of esters is 1. The summed E-state index contributed by atoms with van der Waals surface area (Å²) in [6.45, 7) is 0. The molecule has 0 aromatic carbocycles. The molecule has 0 saturated heterocycles. The lowest BCUT2D eigenvalue weighted by atomic mass is 10.1. The van der Waals surface area contributed by atoms with Crippen LogP contribution in [0.5, 0.6) is 0 Å². The number of ether oxygens (including phenoxy) is 1. The van der Waals surface area contributed by atoms with E-state index in [0.717, 1.165) is 5.69 Å². The average Bonchev–Trinajstić information content (AvgIpc) is 2.60. The number of hydrogen-bond donors (Lipinski definition) is 1. The summed E-state index contributed by atoms with van der Waals surface area (Å²) in [6.07, 6.45) is 4.31. The molecule has 5 nitrogen and oxygen atoms in total. The van der Waals surface area contributed by atoms with Gasteiger partial charge in [0.25, 0.3) is 0 Å². The van der Waals surface area contributed by atoms with Crippen LogP contribution in [0.1, 0.15) is 24.6 Å². The van der Waals surface area contributed by atoms with Gasteiger partial charge in [-0.2, -0.15) is 0 Å². The van der Waals surface area contributed by atoms with Crippen molar-refractivity contribution in [3.05, 3.63) is 18.2 Å². The molecule has 0 aliphatic carbocycles. The molecule has 1 aromatic rings. The average molecular weight is 197 g/mol. The first-order valence-electron chi connectivity index (χ1n) is 4.43. The van der Waals surface area contributed by atoms with Gasteiger partial charge in [-0.3, -0.25) is 4.79 Å². The highest BCUT2D eigenvalue weighted by Crippen LogP contribution is 2.14. The van der Waals surface area contributed by atoms with Crippen molar-refractivity contribution in [3.8, 4) is 0 Å². The molecule has 0 amide bonds. The fraction of sp³-hybridized carbons (Fsp3) is 0.556. The third kappa shape index (κ3) is 2.56. The monoisotopic (exact) mass is 197 g/mol. The molecular weight excluding hydrogens is 182 g/mol. The Labute approximate surface area is 82.9 Å². The van der Waals surface area contributed by atoms with Crippen LogP contribution in [0.15, 0.2) is 12.5 Å². The Kier molecular flexibility index (Phi) is 3.64. The Balaban J connectivity index is 2.47. The quantitative estimate of drug-likeness (QED) is 0.708. The predicted molar refractivity (Wildman–Crippen MR) is 51.4 cm³/mol. The number of hydrogen-bond acceptors (Lipinski definition) is 4. The third-order valence-electron chi connectivity index (χ3n) is 2.12. The summed E-state index contributed by atoms with van der Waals surface area (Å²) in [7, 11) is 3.25. The minimum absolute atomic E-state index is 0.165. The van der Waals surface area contributed by atoms with Crippen molar-refractivity contribution in [1.29, 1.82) is 0 Å². The largest absolute Gasteiger partial charge is 0.469 e. The number of carbonyl (C=O) groups is 1. The van der Waals surface area contributed by atoms with Crippen LogP contribution in [0.4, 0.5) is 0 Å². The summed E-state index contributed by atoms with van der Waals surface area (Å²) in [5.74, 6) is -0.234. The van der Waals surface area contributed by atoms with E-state index in [1.165, 1.54) is 7.11 Å². The molecule has 1 rings (SSSR count). The Hall–Kier alpha value is -1.36. The molecule has 2 N–H and O–H groups in total. The van der Waals surface area contributed by atoms with Crippen molar-refractivity contribution in [2.24, 2.45) is 12.8 Å². The van der Waals surface area contributed by atoms with E-state index in [9.17, 15) is 4.79 Å². The smallest absolute Gasteiger partial charge is 0.305 e. The van der Waals surface area contributed by atoms with Crippen LogP contribution >= 0.6 is 0 Å². The van der Waals surface area contributed by atoms with E-state index in [0.29, 0.717) is 12.8 Å². The molecule has 0 saturated carbocycles. The zero-order valence-corrected chi connectivity index (χ0v) is 8.43. The van der Waals surface area contributed by atoms with Crippen LogP contribution in [0.25, 0.3) is 0 Å². The molecule has 0 aliphatic heterocycles. The zero-order valence-electron chi connectivity index (χ0n) is 8.43. The molecule has 0 bridgehead atoms. The van der Waals surface area contributed by atoms with Gasteiger partial charge in [-0.25, -0.2) is 4.98 Å². The van der Waals surface area contributed by atoms with Crippen LogP contribution < -0.4 is 5.73 Å². The van der Waals surface area contributed by atoms with Gasteiger partial charge < -0.3 is 15.0 Å². The van der Waals surface area contributed by atoms with Gasteiger partial charge in [0.2, 0.25) is 0 Å². The summed E-state index contributed by atoms with van der Waals surface area (Å²) in [4.78, 5) is 14.8. The van der Waals surface area contributed by atoms with Crippen molar-refractivity contribution in [2.45, 2.75) is 18.9 Å². The highest BCUT2D eigenvalue weighted by Gasteiger charge is 2.11. The van der Waals surface area contributed by atoms with Gasteiger partial charge in [0.05, 0.1) is 19.1 Å². The van der Waals surface area contributed by atoms with E-state index in [1.54, 1.807) is 12.5 Å². The maximum Gasteiger partial charge on any atom is 0.305 e. The van der Waals surface area contributed by atoms with Crippen molar-refractivity contribution >= 4 is 5.97 Å². The maximum atomic E-state index is 10.9. The first-order valence-corrected chi connectivity index (χ1v) is 4.43. The second kappa shape index (κ2) is 4.76. The number of rotatable bonds is 4. The standard InChI is InChI=1S/C9H15N3O2/c1-12-6-11-5-8(12)7(10)3-4-9(13)14-2/h5-7H,3-4,10H2,1-2H3. The first-order chi connectivity index (χ1) is 6.65.